The molecule has 5 rings (SSSR count). The summed E-state index contributed by atoms with van der Waals surface area (Å²) in [7, 11) is 0. The van der Waals surface area contributed by atoms with Crippen LogP contribution in [0.1, 0.15) is 79.6 Å². The second-order valence-corrected chi connectivity index (χ2v) is 11.5. The van der Waals surface area contributed by atoms with Gasteiger partial charge in [-0.05, 0) is 62.7 Å². The van der Waals surface area contributed by atoms with Gasteiger partial charge in [-0.15, -0.1) is 0 Å². The molecule has 10 atom stereocenters. The van der Waals surface area contributed by atoms with E-state index in [9.17, 15) is 14.4 Å². The van der Waals surface area contributed by atoms with E-state index in [1.54, 1.807) is 6.92 Å². The lowest BCUT2D eigenvalue weighted by molar-refractivity contribution is -0.194. The highest BCUT2D eigenvalue weighted by Gasteiger charge is 2.78. The normalized spacial score (nSPS) is 52.1. The molecule has 172 valence electrons. The number of Topliss-reactive ketones (excluding diaryl/α,β-unsaturated/α-hetero) is 1. The highest BCUT2D eigenvalue weighted by molar-refractivity contribution is 5.79. The zero-order valence-corrected chi connectivity index (χ0v) is 19.4. The molecular formula is C25H36O6. The Kier molecular flexibility index (Phi) is 4.69. The summed E-state index contributed by atoms with van der Waals surface area (Å²) in [5.41, 5.74) is -0.516. The first-order valence-corrected chi connectivity index (χ1v) is 12.0. The van der Waals surface area contributed by atoms with Gasteiger partial charge >= 0.3 is 11.9 Å². The van der Waals surface area contributed by atoms with Crippen molar-refractivity contribution >= 4 is 17.7 Å². The van der Waals surface area contributed by atoms with Crippen molar-refractivity contribution in [1.82, 2.24) is 0 Å². The average molecular weight is 433 g/mol. The number of rotatable bonds is 3. The van der Waals surface area contributed by atoms with E-state index in [-0.39, 0.29) is 64.3 Å². The molecule has 0 bridgehead atoms. The fourth-order valence-corrected chi connectivity index (χ4v) is 9.05. The zero-order valence-electron chi connectivity index (χ0n) is 19.4. The van der Waals surface area contributed by atoms with E-state index >= 15 is 0 Å². The number of carbonyl (C=O) groups excluding carboxylic acids is 3. The summed E-state index contributed by atoms with van der Waals surface area (Å²) >= 11 is 0. The van der Waals surface area contributed by atoms with Crippen molar-refractivity contribution in [1.29, 1.82) is 0 Å². The van der Waals surface area contributed by atoms with Gasteiger partial charge in [0.05, 0.1) is 6.10 Å². The highest BCUT2D eigenvalue weighted by Crippen LogP contribution is 2.74. The van der Waals surface area contributed by atoms with E-state index in [0.717, 1.165) is 44.9 Å². The van der Waals surface area contributed by atoms with Crippen LogP contribution in [0.3, 0.4) is 0 Å². The van der Waals surface area contributed by atoms with Crippen LogP contribution in [0.15, 0.2) is 0 Å². The van der Waals surface area contributed by atoms with Crippen LogP contribution in [0, 0.1) is 34.5 Å². The van der Waals surface area contributed by atoms with E-state index in [2.05, 4.69) is 13.8 Å². The van der Waals surface area contributed by atoms with Gasteiger partial charge in [0.1, 0.15) is 23.6 Å². The summed E-state index contributed by atoms with van der Waals surface area (Å²) < 4.78 is 18.1. The smallest absolute Gasteiger partial charge is 0.302 e. The van der Waals surface area contributed by atoms with Crippen molar-refractivity contribution in [2.24, 2.45) is 34.5 Å². The zero-order chi connectivity index (χ0) is 22.3. The molecule has 1 heterocycles. The van der Waals surface area contributed by atoms with E-state index in [0.29, 0.717) is 11.8 Å². The fraction of sp³-hybridized carbons (Fsp3) is 0.880. The predicted molar refractivity (Wildman–Crippen MR) is 112 cm³/mol. The van der Waals surface area contributed by atoms with Crippen molar-refractivity contribution in [3.05, 3.63) is 0 Å². The Bertz CT molecular complexity index is 823. The van der Waals surface area contributed by atoms with Gasteiger partial charge in [-0.2, -0.15) is 0 Å². The van der Waals surface area contributed by atoms with Gasteiger partial charge in [0.2, 0.25) is 0 Å². The maximum Gasteiger partial charge on any atom is 0.302 e. The number of carbonyl (C=O) groups is 3. The molecule has 4 aliphatic carbocycles. The Labute approximate surface area is 184 Å². The Morgan fingerprint density at radius 2 is 1.65 bits per heavy atom. The monoisotopic (exact) mass is 432 g/mol. The van der Waals surface area contributed by atoms with Crippen LogP contribution in [0.25, 0.3) is 0 Å². The topological polar surface area (TPSA) is 82.2 Å². The molecule has 1 saturated heterocycles. The van der Waals surface area contributed by atoms with E-state index in [1.165, 1.54) is 13.8 Å². The van der Waals surface area contributed by atoms with Crippen LogP contribution in [0.2, 0.25) is 0 Å². The van der Waals surface area contributed by atoms with Gasteiger partial charge in [0, 0.05) is 37.5 Å². The maximum atomic E-state index is 12.5. The molecule has 1 aliphatic heterocycles. The standard InChI is InChI=1S/C25H36O6/c1-13(26)18-6-7-19-17-10-21-25(31-21)11-16(29-14(2)27)8-9-24(25,5)22(17)20(30-15(3)28)12-23(18,19)4/h16-22H,6-12H2,1-5H3. The van der Waals surface area contributed by atoms with E-state index in [4.69, 9.17) is 14.2 Å². The van der Waals surface area contributed by atoms with Crippen molar-refractivity contribution in [2.45, 2.75) is 103 Å². The summed E-state index contributed by atoms with van der Waals surface area (Å²) in [4.78, 5) is 36.2. The molecule has 1 spiro atoms. The molecule has 0 aromatic carbocycles. The minimum Gasteiger partial charge on any atom is -0.462 e. The highest BCUT2D eigenvalue weighted by atomic mass is 16.6. The summed E-state index contributed by atoms with van der Waals surface area (Å²) in [6.07, 6.45) is 6.07. The SMILES string of the molecule is CC(=O)OC1CCC2(C)C3C(OC(C)=O)CC4(C)C(C(C)=O)CCC4C3CC3OC32C1. The second-order valence-electron chi connectivity index (χ2n) is 11.5. The Morgan fingerprint density at radius 3 is 2.29 bits per heavy atom. The molecule has 0 aromatic rings. The molecular weight excluding hydrogens is 396 g/mol. The van der Waals surface area contributed by atoms with Gasteiger partial charge in [0.25, 0.3) is 0 Å². The second kappa shape index (κ2) is 6.79. The lowest BCUT2D eigenvalue weighted by atomic mass is 9.43. The molecule has 0 radical (unpaired) electrons. The predicted octanol–water partition coefficient (Wildman–Crippen LogP) is 3.84. The summed E-state index contributed by atoms with van der Waals surface area (Å²) in [6, 6.07) is 0. The quantitative estimate of drug-likeness (QED) is 0.498. The Hall–Kier alpha value is -1.43. The number of esters is 2. The third-order valence-electron chi connectivity index (χ3n) is 10.1. The summed E-state index contributed by atoms with van der Waals surface area (Å²) in [5.74, 6) is 0.919. The first-order valence-electron chi connectivity index (χ1n) is 12.0. The number of fused-ring (bicyclic) bond motifs is 4. The lowest BCUT2D eigenvalue weighted by Crippen LogP contribution is -2.63. The maximum absolute atomic E-state index is 12.5. The number of hydrogen-bond acceptors (Lipinski definition) is 6. The molecule has 6 heteroatoms. The minimum absolute atomic E-state index is 0.0517. The van der Waals surface area contributed by atoms with E-state index in [1.807, 2.05) is 0 Å². The first kappa shape index (κ1) is 21.4. The third-order valence-corrected chi connectivity index (χ3v) is 10.1. The van der Waals surface area contributed by atoms with Gasteiger partial charge < -0.3 is 14.2 Å². The largest absolute Gasteiger partial charge is 0.462 e. The van der Waals surface area contributed by atoms with Crippen LogP contribution in [0.4, 0.5) is 0 Å². The minimum atomic E-state index is -0.281. The van der Waals surface area contributed by atoms with Crippen molar-refractivity contribution < 1.29 is 28.6 Å². The molecule has 5 fully saturated rings. The Balaban J connectivity index is 1.51. The van der Waals surface area contributed by atoms with Crippen LogP contribution in [-0.2, 0) is 28.6 Å². The van der Waals surface area contributed by atoms with Crippen LogP contribution in [-0.4, -0.2) is 41.6 Å². The third kappa shape index (κ3) is 2.89. The number of ether oxygens (including phenoxy) is 3. The van der Waals surface area contributed by atoms with E-state index < -0.39 is 0 Å². The van der Waals surface area contributed by atoms with Crippen molar-refractivity contribution in [3.8, 4) is 0 Å². The first-order chi connectivity index (χ1) is 14.5. The summed E-state index contributed by atoms with van der Waals surface area (Å²) in [6.45, 7) is 9.27. The van der Waals surface area contributed by atoms with Gasteiger partial charge in [0.15, 0.2) is 0 Å². The average Bonchev–Trinajstić information content (AvgIpc) is 3.22. The number of hydrogen-bond donors (Lipinski definition) is 0. The van der Waals surface area contributed by atoms with Crippen LogP contribution < -0.4 is 0 Å². The van der Waals surface area contributed by atoms with Crippen LogP contribution >= 0.6 is 0 Å². The van der Waals surface area contributed by atoms with Crippen molar-refractivity contribution in [2.75, 3.05) is 0 Å². The summed E-state index contributed by atoms with van der Waals surface area (Å²) in [5, 5.41) is 0. The molecule has 0 N–H and O–H groups in total. The molecule has 6 nitrogen and oxygen atoms in total. The van der Waals surface area contributed by atoms with Gasteiger partial charge in [-0.3, -0.25) is 14.4 Å². The van der Waals surface area contributed by atoms with Crippen LogP contribution in [0.5, 0.6) is 0 Å². The van der Waals surface area contributed by atoms with Gasteiger partial charge in [-0.25, -0.2) is 0 Å². The molecule has 5 aliphatic rings. The van der Waals surface area contributed by atoms with Gasteiger partial charge in [-0.1, -0.05) is 13.8 Å². The molecule has 10 unspecified atom stereocenters. The number of ketones is 1. The molecule has 0 amide bonds. The van der Waals surface area contributed by atoms with Crippen molar-refractivity contribution in [3.63, 3.8) is 0 Å². The Morgan fingerprint density at radius 1 is 0.935 bits per heavy atom. The molecule has 31 heavy (non-hydrogen) atoms. The lowest BCUT2D eigenvalue weighted by Gasteiger charge is -2.61. The number of epoxide rings is 1. The fourth-order valence-electron chi connectivity index (χ4n) is 9.05. The molecule has 4 saturated carbocycles. The molecule has 0 aromatic heterocycles.